The van der Waals surface area contributed by atoms with Crippen molar-refractivity contribution < 1.29 is 14.7 Å². The maximum absolute atomic E-state index is 11.8. The molecular weight excluding hydrogens is 276 g/mol. The third-order valence-electron chi connectivity index (χ3n) is 4.37. The lowest BCUT2D eigenvalue weighted by Crippen LogP contribution is -2.46. The predicted octanol–water partition coefficient (Wildman–Crippen LogP) is 2.22. The van der Waals surface area contributed by atoms with E-state index in [4.69, 9.17) is 0 Å². The molecule has 1 atom stereocenters. The Labute approximate surface area is 124 Å². The summed E-state index contributed by atoms with van der Waals surface area (Å²) in [5.74, 6) is 0.397. The van der Waals surface area contributed by atoms with E-state index in [0.717, 1.165) is 19.3 Å². The molecule has 3 N–H and O–H groups in total. The molecule has 1 aliphatic carbocycles. The second-order valence-corrected chi connectivity index (χ2v) is 7.25. The lowest BCUT2D eigenvalue weighted by Gasteiger charge is -2.25. The van der Waals surface area contributed by atoms with E-state index in [1.54, 1.807) is 0 Å². The highest BCUT2D eigenvalue weighted by Crippen LogP contribution is 2.37. The number of hydrogen-bond donors (Lipinski definition) is 3. The molecule has 2 aliphatic rings. The molecule has 0 aromatic carbocycles. The number of carboxylic acid groups (broad SMARTS) is 1. The van der Waals surface area contributed by atoms with Crippen molar-refractivity contribution in [3.63, 3.8) is 0 Å². The number of nitrogens with one attached hydrogen (secondary N) is 2. The third-order valence-corrected chi connectivity index (χ3v) is 5.76. The Bertz CT molecular complexity index is 350. The first-order valence-corrected chi connectivity index (χ1v) is 8.54. The molecule has 1 saturated heterocycles. The van der Waals surface area contributed by atoms with E-state index in [0.29, 0.717) is 24.6 Å². The van der Waals surface area contributed by atoms with Gasteiger partial charge in [0.05, 0.1) is 5.41 Å². The van der Waals surface area contributed by atoms with Crippen molar-refractivity contribution >= 4 is 23.8 Å². The Kier molecular flexibility index (Phi) is 5.57. The number of hydrogen-bond acceptors (Lipinski definition) is 3. The van der Waals surface area contributed by atoms with Gasteiger partial charge in [-0.15, -0.1) is 0 Å². The van der Waals surface area contributed by atoms with Crippen LogP contribution in [-0.2, 0) is 4.79 Å². The van der Waals surface area contributed by atoms with Gasteiger partial charge in [0.25, 0.3) is 0 Å². The maximum Gasteiger partial charge on any atom is 0.314 e. The van der Waals surface area contributed by atoms with Crippen LogP contribution in [0, 0.1) is 5.41 Å². The Balaban J connectivity index is 1.70. The number of urea groups is 1. The monoisotopic (exact) mass is 300 g/mol. The summed E-state index contributed by atoms with van der Waals surface area (Å²) in [5.41, 5.74) is -0.739. The highest BCUT2D eigenvalue weighted by atomic mass is 32.2. The zero-order valence-electron chi connectivity index (χ0n) is 11.8. The number of carbonyl (C=O) groups is 2. The molecule has 0 spiro atoms. The topological polar surface area (TPSA) is 78.4 Å². The molecule has 0 bridgehead atoms. The quantitative estimate of drug-likeness (QED) is 0.727. The molecule has 1 aliphatic heterocycles. The maximum atomic E-state index is 11.8. The predicted molar refractivity (Wildman–Crippen MR) is 80.0 cm³/mol. The minimum absolute atomic E-state index is 0.233. The van der Waals surface area contributed by atoms with E-state index in [1.807, 2.05) is 11.8 Å². The summed E-state index contributed by atoms with van der Waals surface area (Å²) in [6.07, 6.45) is 6.88. The molecule has 0 aromatic rings. The van der Waals surface area contributed by atoms with Crippen LogP contribution in [0.3, 0.4) is 0 Å². The molecule has 1 unspecified atom stereocenters. The van der Waals surface area contributed by atoms with Crippen LogP contribution in [0.5, 0.6) is 0 Å². The average Bonchev–Trinajstić information content (AvgIpc) is 2.94. The highest BCUT2D eigenvalue weighted by molar-refractivity contribution is 7.99. The van der Waals surface area contributed by atoms with Gasteiger partial charge in [-0.3, -0.25) is 4.79 Å². The van der Waals surface area contributed by atoms with Gasteiger partial charge in [0.15, 0.2) is 0 Å². The molecule has 1 heterocycles. The van der Waals surface area contributed by atoms with E-state index in [9.17, 15) is 14.7 Å². The van der Waals surface area contributed by atoms with Crippen molar-refractivity contribution in [3.8, 4) is 0 Å². The second kappa shape index (κ2) is 7.20. The fourth-order valence-electron chi connectivity index (χ4n) is 3.00. The Morgan fingerprint density at radius 1 is 1.15 bits per heavy atom. The van der Waals surface area contributed by atoms with Crippen LogP contribution in [0.25, 0.3) is 0 Å². The lowest BCUT2D eigenvalue weighted by atomic mass is 9.86. The number of rotatable bonds is 5. The SMILES string of the molecule is O=C(NCC1CCCCS1)NCC1(C(=O)O)CCCC1. The van der Waals surface area contributed by atoms with Crippen molar-refractivity contribution in [1.82, 2.24) is 10.6 Å². The van der Waals surface area contributed by atoms with Crippen molar-refractivity contribution in [2.45, 2.75) is 50.2 Å². The summed E-state index contributed by atoms with van der Waals surface area (Å²) in [5, 5.41) is 15.5. The standard InChI is InChI=1S/C14H24N2O3S/c17-12(18)14(6-2-3-7-14)10-16-13(19)15-9-11-5-1-4-8-20-11/h11H,1-10H2,(H,17,18)(H2,15,16,19). The largest absolute Gasteiger partial charge is 0.481 e. The van der Waals surface area contributed by atoms with Gasteiger partial charge >= 0.3 is 12.0 Å². The zero-order chi connectivity index (χ0) is 14.4. The molecule has 1 saturated carbocycles. The summed E-state index contributed by atoms with van der Waals surface area (Å²) in [6.45, 7) is 0.919. The van der Waals surface area contributed by atoms with Gasteiger partial charge < -0.3 is 15.7 Å². The van der Waals surface area contributed by atoms with Crippen LogP contribution in [0.2, 0.25) is 0 Å². The summed E-state index contributed by atoms with van der Waals surface area (Å²) >= 11 is 1.92. The van der Waals surface area contributed by atoms with E-state index >= 15 is 0 Å². The molecule has 2 amide bonds. The Morgan fingerprint density at radius 3 is 2.50 bits per heavy atom. The lowest BCUT2D eigenvalue weighted by molar-refractivity contribution is -0.148. The first-order valence-electron chi connectivity index (χ1n) is 7.49. The van der Waals surface area contributed by atoms with Gasteiger partial charge in [0, 0.05) is 18.3 Å². The van der Waals surface area contributed by atoms with Crippen molar-refractivity contribution in [2.75, 3.05) is 18.8 Å². The van der Waals surface area contributed by atoms with Crippen LogP contribution in [0.1, 0.15) is 44.9 Å². The Hall–Kier alpha value is -0.910. The normalized spacial score (nSPS) is 25.1. The van der Waals surface area contributed by atoms with Gasteiger partial charge in [-0.25, -0.2) is 4.79 Å². The number of aliphatic carboxylic acids is 1. The summed E-state index contributed by atoms with van der Waals surface area (Å²) in [4.78, 5) is 23.1. The summed E-state index contributed by atoms with van der Waals surface area (Å²) in [7, 11) is 0. The number of amides is 2. The van der Waals surface area contributed by atoms with Crippen molar-refractivity contribution in [1.29, 1.82) is 0 Å². The second-order valence-electron chi connectivity index (χ2n) is 5.84. The third kappa shape index (κ3) is 4.04. The molecule has 2 fully saturated rings. The minimum atomic E-state index is -0.780. The Morgan fingerprint density at radius 2 is 1.90 bits per heavy atom. The molecule has 5 nitrogen and oxygen atoms in total. The summed E-state index contributed by atoms with van der Waals surface area (Å²) < 4.78 is 0. The van der Waals surface area contributed by atoms with Gasteiger partial charge in [-0.2, -0.15) is 11.8 Å². The number of thioether (sulfide) groups is 1. The van der Waals surface area contributed by atoms with Crippen LogP contribution in [0.4, 0.5) is 4.79 Å². The molecular formula is C14H24N2O3S. The van der Waals surface area contributed by atoms with E-state index < -0.39 is 11.4 Å². The van der Waals surface area contributed by atoms with Gasteiger partial charge in [-0.05, 0) is 31.4 Å². The molecule has 20 heavy (non-hydrogen) atoms. The zero-order valence-corrected chi connectivity index (χ0v) is 12.6. The highest BCUT2D eigenvalue weighted by Gasteiger charge is 2.41. The molecule has 0 radical (unpaired) electrons. The minimum Gasteiger partial charge on any atom is -0.481 e. The van der Waals surface area contributed by atoms with Crippen LogP contribution >= 0.6 is 11.8 Å². The fraction of sp³-hybridized carbons (Fsp3) is 0.857. The average molecular weight is 300 g/mol. The van der Waals surface area contributed by atoms with Gasteiger partial charge in [0.1, 0.15) is 0 Å². The summed E-state index contributed by atoms with van der Waals surface area (Å²) in [6, 6.07) is -0.233. The number of carboxylic acids is 1. The smallest absolute Gasteiger partial charge is 0.314 e. The van der Waals surface area contributed by atoms with Crippen molar-refractivity contribution in [2.24, 2.45) is 5.41 Å². The van der Waals surface area contributed by atoms with E-state index in [1.165, 1.54) is 18.6 Å². The van der Waals surface area contributed by atoms with E-state index in [2.05, 4.69) is 10.6 Å². The van der Waals surface area contributed by atoms with Gasteiger partial charge in [0.2, 0.25) is 0 Å². The van der Waals surface area contributed by atoms with Crippen LogP contribution in [0.15, 0.2) is 0 Å². The molecule has 2 rings (SSSR count). The van der Waals surface area contributed by atoms with Crippen LogP contribution < -0.4 is 10.6 Å². The first-order chi connectivity index (χ1) is 9.62. The molecule has 0 aromatic heterocycles. The molecule has 6 heteroatoms. The van der Waals surface area contributed by atoms with E-state index in [-0.39, 0.29) is 12.6 Å². The fourth-order valence-corrected chi connectivity index (χ4v) is 4.24. The van der Waals surface area contributed by atoms with Gasteiger partial charge in [-0.1, -0.05) is 19.3 Å². The number of carbonyl (C=O) groups excluding carboxylic acids is 1. The molecule has 114 valence electrons. The van der Waals surface area contributed by atoms with Crippen LogP contribution in [-0.4, -0.2) is 41.2 Å². The van der Waals surface area contributed by atoms with Crippen molar-refractivity contribution in [3.05, 3.63) is 0 Å². The first kappa shape index (κ1) is 15.5.